The molecule has 0 atom stereocenters. The molecule has 1 aromatic heterocycles. The molecule has 110 valence electrons. The van der Waals surface area contributed by atoms with Crippen molar-refractivity contribution >= 4 is 34.3 Å². The van der Waals surface area contributed by atoms with Crippen molar-refractivity contribution < 1.29 is 0 Å². The first-order valence-electron chi connectivity index (χ1n) is 6.76. The Labute approximate surface area is 138 Å². The summed E-state index contributed by atoms with van der Waals surface area (Å²) in [5.41, 5.74) is 3.07. The number of aromatic nitrogens is 1. The molecular formula is C17H14ClN3S. The van der Waals surface area contributed by atoms with Gasteiger partial charge in [-0.15, -0.1) is 11.3 Å². The van der Waals surface area contributed by atoms with Crippen molar-refractivity contribution in [3.05, 3.63) is 70.6 Å². The van der Waals surface area contributed by atoms with Crippen molar-refractivity contribution in [2.45, 2.75) is 0 Å². The number of hydrogen-bond acceptors (Lipinski definition) is 4. The smallest absolute Gasteiger partial charge is 0.206 e. The van der Waals surface area contributed by atoms with E-state index in [0.29, 0.717) is 0 Å². The Morgan fingerprint density at radius 1 is 1.09 bits per heavy atom. The number of halogens is 1. The Balaban J connectivity index is 1.74. The molecule has 0 amide bonds. The van der Waals surface area contributed by atoms with Gasteiger partial charge in [0.1, 0.15) is 0 Å². The molecule has 3 aromatic rings. The molecule has 0 radical (unpaired) electrons. The zero-order valence-electron chi connectivity index (χ0n) is 12.0. The standard InChI is InChI=1S/C17H14ClN3S/c1-21(19-11-13-7-9-15(18)10-8-13)17-20-16(12-22-17)14-5-3-2-4-6-14/h2-12H,1H3/b19-11+. The maximum atomic E-state index is 5.87. The highest BCUT2D eigenvalue weighted by Gasteiger charge is 2.07. The fourth-order valence-corrected chi connectivity index (χ4v) is 2.79. The summed E-state index contributed by atoms with van der Waals surface area (Å²) in [4.78, 5) is 4.62. The molecule has 0 spiro atoms. The first-order valence-corrected chi connectivity index (χ1v) is 8.02. The molecule has 0 N–H and O–H groups in total. The van der Waals surface area contributed by atoms with Crippen LogP contribution in [0.2, 0.25) is 5.02 Å². The van der Waals surface area contributed by atoms with Gasteiger partial charge in [0.2, 0.25) is 5.13 Å². The van der Waals surface area contributed by atoms with Gasteiger partial charge in [0.25, 0.3) is 0 Å². The number of rotatable bonds is 4. The minimum absolute atomic E-state index is 0.720. The van der Waals surface area contributed by atoms with E-state index in [2.05, 4.69) is 22.2 Å². The molecule has 2 aromatic carbocycles. The average molecular weight is 328 g/mol. The lowest BCUT2D eigenvalue weighted by Gasteiger charge is -2.07. The number of anilines is 1. The predicted molar refractivity (Wildman–Crippen MR) is 95.0 cm³/mol. The summed E-state index contributed by atoms with van der Waals surface area (Å²) in [7, 11) is 1.89. The summed E-state index contributed by atoms with van der Waals surface area (Å²) in [5.74, 6) is 0. The molecule has 0 aliphatic carbocycles. The lowest BCUT2D eigenvalue weighted by atomic mass is 10.2. The minimum Gasteiger partial charge on any atom is -0.242 e. The molecule has 3 nitrogen and oxygen atoms in total. The number of hydrogen-bond donors (Lipinski definition) is 0. The highest BCUT2D eigenvalue weighted by atomic mass is 35.5. The highest BCUT2D eigenvalue weighted by molar-refractivity contribution is 7.14. The van der Waals surface area contributed by atoms with E-state index < -0.39 is 0 Å². The van der Waals surface area contributed by atoms with Crippen molar-refractivity contribution in [2.75, 3.05) is 12.1 Å². The van der Waals surface area contributed by atoms with Crippen molar-refractivity contribution in [3.8, 4) is 11.3 Å². The molecule has 0 aliphatic heterocycles. The molecule has 0 saturated heterocycles. The van der Waals surface area contributed by atoms with E-state index in [0.717, 1.165) is 27.0 Å². The summed E-state index contributed by atoms with van der Waals surface area (Å²) < 4.78 is 0. The largest absolute Gasteiger partial charge is 0.242 e. The lowest BCUT2D eigenvalue weighted by Crippen LogP contribution is -2.08. The normalized spacial score (nSPS) is 11.0. The molecule has 1 heterocycles. The fraction of sp³-hybridized carbons (Fsp3) is 0.0588. The Bertz CT molecular complexity index is 766. The van der Waals surface area contributed by atoms with Crippen molar-refractivity contribution in [1.29, 1.82) is 0 Å². The molecule has 0 unspecified atom stereocenters. The van der Waals surface area contributed by atoms with Crippen LogP contribution in [-0.4, -0.2) is 18.2 Å². The van der Waals surface area contributed by atoms with Crippen LogP contribution in [0.25, 0.3) is 11.3 Å². The van der Waals surface area contributed by atoms with Crippen LogP contribution < -0.4 is 5.01 Å². The van der Waals surface area contributed by atoms with Crippen molar-refractivity contribution in [3.63, 3.8) is 0 Å². The number of nitrogens with zero attached hydrogens (tertiary/aromatic N) is 3. The maximum absolute atomic E-state index is 5.87. The van der Waals surface area contributed by atoms with Crippen LogP contribution in [0.3, 0.4) is 0 Å². The second kappa shape index (κ2) is 6.73. The van der Waals surface area contributed by atoms with E-state index in [-0.39, 0.29) is 0 Å². The number of hydrazone groups is 1. The van der Waals surface area contributed by atoms with Crippen molar-refractivity contribution in [1.82, 2.24) is 4.98 Å². The fourth-order valence-electron chi connectivity index (χ4n) is 1.91. The molecular weight excluding hydrogens is 314 g/mol. The van der Waals surface area contributed by atoms with Gasteiger partial charge in [-0.25, -0.2) is 9.99 Å². The van der Waals surface area contributed by atoms with Gasteiger partial charge in [-0.2, -0.15) is 5.10 Å². The van der Waals surface area contributed by atoms with Crippen molar-refractivity contribution in [2.24, 2.45) is 5.10 Å². The second-order valence-electron chi connectivity index (χ2n) is 4.70. The minimum atomic E-state index is 0.720. The van der Waals surface area contributed by atoms with E-state index in [1.807, 2.05) is 54.9 Å². The van der Waals surface area contributed by atoms with Crippen LogP contribution in [0.15, 0.2) is 65.1 Å². The van der Waals surface area contributed by atoms with Gasteiger partial charge in [0.05, 0.1) is 11.9 Å². The van der Waals surface area contributed by atoms with E-state index >= 15 is 0 Å². The Hall–Kier alpha value is -2.17. The first kappa shape index (κ1) is 14.8. The number of benzene rings is 2. The van der Waals surface area contributed by atoms with Gasteiger partial charge in [0.15, 0.2) is 0 Å². The molecule has 0 aliphatic rings. The molecule has 0 saturated carbocycles. The third-order valence-electron chi connectivity index (χ3n) is 3.09. The SMILES string of the molecule is CN(/N=C/c1ccc(Cl)cc1)c1nc(-c2ccccc2)cs1. The van der Waals surface area contributed by atoms with Gasteiger partial charge in [-0.05, 0) is 17.7 Å². The third-order valence-corrected chi connectivity index (χ3v) is 4.25. The molecule has 22 heavy (non-hydrogen) atoms. The Kier molecular flexibility index (Phi) is 4.51. The number of thiazole rings is 1. The molecule has 5 heteroatoms. The van der Waals surface area contributed by atoms with Crippen LogP contribution in [0.4, 0.5) is 5.13 Å². The van der Waals surface area contributed by atoms with E-state index in [9.17, 15) is 0 Å². The summed E-state index contributed by atoms with van der Waals surface area (Å²) >= 11 is 7.44. The van der Waals surface area contributed by atoms with Crippen LogP contribution in [0.5, 0.6) is 0 Å². The third kappa shape index (κ3) is 3.53. The summed E-state index contributed by atoms with van der Waals surface area (Å²) in [5, 5.41) is 9.80. The highest BCUT2D eigenvalue weighted by Crippen LogP contribution is 2.26. The maximum Gasteiger partial charge on any atom is 0.206 e. The van der Waals surface area contributed by atoms with Gasteiger partial charge in [-0.1, -0.05) is 54.1 Å². The van der Waals surface area contributed by atoms with Crippen LogP contribution in [-0.2, 0) is 0 Å². The van der Waals surface area contributed by atoms with Crippen LogP contribution in [0, 0.1) is 0 Å². The zero-order chi connectivity index (χ0) is 15.4. The summed E-state index contributed by atoms with van der Waals surface area (Å²) in [6.07, 6.45) is 1.79. The summed E-state index contributed by atoms with van der Waals surface area (Å²) in [6, 6.07) is 17.7. The van der Waals surface area contributed by atoms with E-state index in [1.54, 1.807) is 22.6 Å². The molecule has 3 rings (SSSR count). The Morgan fingerprint density at radius 2 is 1.82 bits per heavy atom. The van der Waals surface area contributed by atoms with E-state index in [4.69, 9.17) is 11.6 Å². The lowest BCUT2D eigenvalue weighted by molar-refractivity contribution is 1.01. The van der Waals surface area contributed by atoms with Gasteiger partial charge < -0.3 is 0 Å². The Morgan fingerprint density at radius 3 is 2.55 bits per heavy atom. The first-order chi connectivity index (χ1) is 10.7. The average Bonchev–Trinajstić information content (AvgIpc) is 3.05. The quantitative estimate of drug-likeness (QED) is 0.502. The van der Waals surface area contributed by atoms with Gasteiger partial charge in [0, 0.05) is 23.0 Å². The van der Waals surface area contributed by atoms with Gasteiger partial charge >= 0.3 is 0 Å². The topological polar surface area (TPSA) is 28.5 Å². The second-order valence-corrected chi connectivity index (χ2v) is 5.97. The molecule has 0 bridgehead atoms. The zero-order valence-corrected chi connectivity index (χ0v) is 13.6. The van der Waals surface area contributed by atoms with Crippen LogP contribution >= 0.6 is 22.9 Å². The molecule has 0 fully saturated rings. The summed E-state index contributed by atoms with van der Waals surface area (Å²) in [6.45, 7) is 0. The predicted octanol–water partition coefficient (Wildman–Crippen LogP) is 4.93. The van der Waals surface area contributed by atoms with E-state index in [1.165, 1.54) is 0 Å². The monoisotopic (exact) mass is 327 g/mol. The van der Waals surface area contributed by atoms with Crippen LogP contribution in [0.1, 0.15) is 5.56 Å². The van der Waals surface area contributed by atoms with Gasteiger partial charge in [-0.3, -0.25) is 0 Å².